The van der Waals surface area contributed by atoms with Crippen LogP contribution in [0.2, 0.25) is 0 Å². The summed E-state index contributed by atoms with van der Waals surface area (Å²) in [6.45, 7) is 4.75. The van der Waals surface area contributed by atoms with E-state index in [-0.39, 0.29) is 24.0 Å². The number of hydrogen-bond donors (Lipinski definition) is 2. The van der Waals surface area contributed by atoms with Crippen LogP contribution in [0.3, 0.4) is 0 Å². The number of thioether (sulfide) groups is 1. The van der Waals surface area contributed by atoms with Gasteiger partial charge in [0.15, 0.2) is 5.96 Å². The van der Waals surface area contributed by atoms with Gasteiger partial charge >= 0.3 is 0 Å². The Kier molecular flexibility index (Phi) is 9.31. The summed E-state index contributed by atoms with van der Waals surface area (Å²) in [5, 5.41) is 11.9. The number of nitrogens with zero attached hydrogens (tertiary/aromatic N) is 3. The van der Waals surface area contributed by atoms with E-state index in [1.807, 2.05) is 29.1 Å². The van der Waals surface area contributed by atoms with Crippen LogP contribution < -0.4 is 10.6 Å². The molecule has 0 spiro atoms. The highest BCUT2D eigenvalue weighted by atomic mass is 127. The molecular weight excluding hydrogens is 457 g/mol. The minimum absolute atomic E-state index is 0. The van der Waals surface area contributed by atoms with Crippen molar-refractivity contribution in [1.82, 2.24) is 20.4 Å². The van der Waals surface area contributed by atoms with E-state index in [0.717, 1.165) is 37.7 Å². The largest absolute Gasteiger partial charge is 0.357 e. The molecule has 142 valence electrons. The zero-order chi connectivity index (χ0) is 17.3. The van der Waals surface area contributed by atoms with Gasteiger partial charge in [-0.05, 0) is 49.6 Å². The van der Waals surface area contributed by atoms with Gasteiger partial charge in [0.2, 0.25) is 0 Å². The molecule has 0 bridgehead atoms. The normalized spacial score (nSPS) is 17.0. The van der Waals surface area contributed by atoms with Crippen LogP contribution in [0.25, 0.3) is 5.69 Å². The van der Waals surface area contributed by atoms with Crippen LogP contribution in [0.5, 0.6) is 0 Å². The second kappa shape index (κ2) is 11.5. The molecule has 2 aromatic rings. The van der Waals surface area contributed by atoms with Crippen molar-refractivity contribution >= 4 is 41.7 Å². The number of halogens is 1. The number of guanidine groups is 1. The first-order valence-electron chi connectivity index (χ1n) is 9.08. The molecule has 0 amide bonds. The number of hydrogen-bond acceptors (Lipinski definition) is 3. The Balaban J connectivity index is 0.00000243. The highest BCUT2D eigenvalue weighted by Gasteiger charge is 2.14. The summed E-state index contributed by atoms with van der Waals surface area (Å²) in [4.78, 5) is 4.73. The lowest BCUT2D eigenvalue weighted by Crippen LogP contribution is -2.38. The van der Waals surface area contributed by atoms with Crippen molar-refractivity contribution in [3.05, 3.63) is 48.3 Å². The average Bonchev–Trinajstić information content (AvgIpc) is 3.32. The molecule has 3 rings (SSSR count). The fraction of sp³-hybridized carbons (Fsp3) is 0.474. The molecule has 1 saturated heterocycles. The van der Waals surface area contributed by atoms with Crippen molar-refractivity contribution in [1.29, 1.82) is 0 Å². The lowest BCUT2D eigenvalue weighted by Gasteiger charge is -2.12. The molecule has 5 nitrogen and oxygen atoms in total. The van der Waals surface area contributed by atoms with E-state index in [0.29, 0.717) is 5.25 Å². The molecule has 0 radical (unpaired) electrons. The predicted molar refractivity (Wildman–Crippen MR) is 122 cm³/mol. The topological polar surface area (TPSA) is 54.2 Å². The van der Waals surface area contributed by atoms with Crippen molar-refractivity contribution in [2.45, 2.75) is 31.4 Å². The summed E-state index contributed by atoms with van der Waals surface area (Å²) in [5.74, 6) is 2.21. The first-order chi connectivity index (χ1) is 12.3. The molecule has 7 heteroatoms. The van der Waals surface area contributed by atoms with E-state index in [1.54, 1.807) is 0 Å². The summed E-state index contributed by atoms with van der Waals surface area (Å²) in [5.41, 5.74) is 2.31. The number of para-hydroxylation sites is 1. The van der Waals surface area contributed by atoms with Gasteiger partial charge in [-0.1, -0.05) is 18.2 Å². The zero-order valence-corrected chi connectivity index (χ0v) is 18.4. The lowest BCUT2D eigenvalue weighted by atomic mass is 10.2. The molecule has 2 N–H and O–H groups in total. The van der Waals surface area contributed by atoms with Crippen LogP contribution in [0.1, 0.15) is 25.3 Å². The molecule has 1 unspecified atom stereocenters. The van der Waals surface area contributed by atoms with E-state index in [4.69, 9.17) is 4.99 Å². The Labute approximate surface area is 177 Å². The van der Waals surface area contributed by atoms with Crippen molar-refractivity contribution in [3.8, 4) is 5.69 Å². The van der Waals surface area contributed by atoms with Gasteiger partial charge in [0, 0.05) is 24.5 Å². The van der Waals surface area contributed by atoms with Gasteiger partial charge in [0.1, 0.15) is 0 Å². The van der Waals surface area contributed by atoms with E-state index in [1.165, 1.54) is 24.2 Å². The average molecular weight is 485 g/mol. The molecule has 2 heterocycles. The number of benzene rings is 1. The molecule has 26 heavy (non-hydrogen) atoms. The maximum atomic E-state index is 4.73. The third-order valence-corrected chi connectivity index (χ3v) is 5.56. The third-order valence-electron chi connectivity index (χ3n) is 4.18. The second-order valence-corrected chi connectivity index (χ2v) is 7.57. The molecule has 1 atom stereocenters. The van der Waals surface area contributed by atoms with Crippen LogP contribution in [0.4, 0.5) is 0 Å². The van der Waals surface area contributed by atoms with E-state index >= 15 is 0 Å². The molecule has 1 aromatic carbocycles. The van der Waals surface area contributed by atoms with Crippen molar-refractivity contribution in [2.24, 2.45) is 4.99 Å². The van der Waals surface area contributed by atoms with Gasteiger partial charge in [-0.15, -0.1) is 24.0 Å². The SMILES string of the molecule is CCNC(=NCC1CCCS1)NCCc1cnn(-c2ccccc2)c1.I. The standard InChI is InChI=1S/C19H27N5S.HI/c1-2-20-19(22-14-18-9-6-12-25-18)21-11-10-16-13-23-24(15-16)17-7-4-3-5-8-17;/h3-5,7-8,13,15,18H,2,6,9-12,14H2,1H3,(H2,20,21,22);1H. The van der Waals surface area contributed by atoms with Gasteiger partial charge < -0.3 is 10.6 Å². The summed E-state index contributed by atoms with van der Waals surface area (Å²) < 4.78 is 1.92. The Morgan fingerprint density at radius 1 is 1.31 bits per heavy atom. The third kappa shape index (κ3) is 6.50. The minimum Gasteiger partial charge on any atom is -0.357 e. The predicted octanol–water partition coefficient (Wildman–Crippen LogP) is 3.48. The van der Waals surface area contributed by atoms with Gasteiger partial charge in [-0.2, -0.15) is 16.9 Å². The lowest BCUT2D eigenvalue weighted by molar-refractivity contribution is 0.760. The second-order valence-electron chi connectivity index (χ2n) is 6.16. The fourth-order valence-electron chi connectivity index (χ4n) is 2.86. The van der Waals surface area contributed by atoms with Gasteiger partial charge in [0.05, 0.1) is 18.4 Å². The molecule has 1 aliphatic heterocycles. The Morgan fingerprint density at radius 3 is 2.88 bits per heavy atom. The Hall–Kier alpha value is -1.22. The fourth-order valence-corrected chi connectivity index (χ4v) is 4.04. The molecule has 0 aliphatic carbocycles. The molecular formula is C19H28IN5S. The van der Waals surface area contributed by atoms with Crippen LogP contribution in [0.15, 0.2) is 47.7 Å². The molecule has 0 saturated carbocycles. The first kappa shape index (κ1) is 21.1. The molecule has 1 aromatic heterocycles. The number of rotatable bonds is 7. The van der Waals surface area contributed by atoms with Crippen molar-refractivity contribution in [3.63, 3.8) is 0 Å². The Bertz CT molecular complexity index is 668. The monoisotopic (exact) mass is 485 g/mol. The van der Waals surface area contributed by atoms with Crippen LogP contribution >= 0.6 is 35.7 Å². The summed E-state index contributed by atoms with van der Waals surface area (Å²) in [6.07, 6.45) is 7.59. The Morgan fingerprint density at radius 2 is 2.15 bits per heavy atom. The summed E-state index contributed by atoms with van der Waals surface area (Å²) in [6, 6.07) is 10.2. The first-order valence-corrected chi connectivity index (χ1v) is 10.1. The van der Waals surface area contributed by atoms with Crippen LogP contribution in [-0.4, -0.2) is 46.4 Å². The summed E-state index contributed by atoms with van der Waals surface area (Å²) in [7, 11) is 0. The summed E-state index contributed by atoms with van der Waals surface area (Å²) >= 11 is 2.05. The van der Waals surface area contributed by atoms with E-state index < -0.39 is 0 Å². The highest BCUT2D eigenvalue weighted by molar-refractivity contribution is 14.0. The van der Waals surface area contributed by atoms with Crippen LogP contribution in [-0.2, 0) is 6.42 Å². The van der Waals surface area contributed by atoms with Gasteiger partial charge in [-0.25, -0.2) is 4.68 Å². The maximum absolute atomic E-state index is 4.73. The number of aromatic nitrogens is 2. The number of aliphatic imine (C=N–C) groups is 1. The quantitative estimate of drug-likeness (QED) is 0.358. The number of nitrogens with one attached hydrogen (secondary N) is 2. The highest BCUT2D eigenvalue weighted by Crippen LogP contribution is 2.25. The molecule has 1 fully saturated rings. The molecule has 1 aliphatic rings. The van der Waals surface area contributed by atoms with E-state index in [9.17, 15) is 0 Å². The van der Waals surface area contributed by atoms with E-state index in [2.05, 4.69) is 52.7 Å². The van der Waals surface area contributed by atoms with Crippen molar-refractivity contribution < 1.29 is 0 Å². The van der Waals surface area contributed by atoms with Crippen molar-refractivity contribution in [2.75, 3.05) is 25.4 Å². The van der Waals surface area contributed by atoms with Gasteiger partial charge in [-0.3, -0.25) is 4.99 Å². The van der Waals surface area contributed by atoms with Gasteiger partial charge in [0.25, 0.3) is 0 Å². The smallest absolute Gasteiger partial charge is 0.191 e. The van der Waals surface area contributed by atoms with Crippen LogP contribution in [0, 0.1) is 0 Å². The zero-order valence-electron chi connectivity index (χ0n) is 15.2. The minimum atomic E-state index is 0. The maximum Gasteiger partial charge on any atom is 0.191 e.